The summed E-state index contributed by atoms with van der Waals surface area (Å²) in [6.07, 6.45) is 6.21. The van der Waals surface area contributed by atoms with Crippen LogP contribution in [0.25, 0.3) is 0 Å². The highest BCUT2D eigenvalue weighted by Crippen LogP contribution is 2.24. The average Bonchev–Trinajstić information content (AvgIpc) is 2.41. The first kappa shape index (κ1) is 13.9. The summed E-state index contributed by atoms with van der Waals surface area (Å²) >= 11 is 0. The number of nitrogen functional groups attached to an aromatic ring is 1. The molecule has 0 radical (unpaired) electrons. The van der Waals surface area contributed by atoms with E-state index in [1.807, 2.05) is 19.9 Å². The van der Waals surface area contributed by atoms with E-state index in [2.05, 4.69) is 0 Å². The number of ether oxygens (including phenoxy) is 1. The van der Waals surface area contributed by atoms with Gasteiger partial charge in [-0.15, -0.1) is 0 Å². The Morgan fingerprint density at radius 2 is 1.95 bits per heavy atom. The predicted molar refractivity (Wildman–Crippen MR) is 77.2 cm³/mol. The lowest BCUT2D eigenvalue weighted by molar-refractivity contribution is 0.0409. The van der Waals surface area contributed by atoms with Crippen molar-refractivity contribution in [2.75, 3.05) is 12.3 Å². The van der Waals surface area contributed by atoms with Crippen LogP contribution in [-0.2, 0) is 4.74 Å². The second-order valence-corrected chi connectivity index (χ2v) is 5.61. The zero-order valence-corrected chi connectivity index (χ0v) is 11.9. The van der Waals surface area contributed by atoms with Crippen molar-refractivity contribution in [1.82, 2.24) is 0 Å². The van der Waals surface area contributed by atoms with Crippen LogP contribution in [0.5, 0.6) is 0 Å². The molecule has 0 aromatic heterocycles. The van der Waals surface area contributed by atoms with Gasteiger partial charge in [-0.05, 0) is 55.9 Å². The minimum Gasteiger partial charge on any atom is -0.462 e. The Morgan fingerprint density at radius 3 is 2.63 bits per heavy atom. The van der Waals surface area contributed by atoms with Gasteiger partial charge in [0.25, 0.3) is 0 Å². The highest BCUT2D eigenvalue weighted by Gasteiger charge is 2.18. The molecular formula is C16H23NO2. The molecule has 3 nitrogen and oxygen atoms in total. The molecule has 0 unspecified atom stereocenters. The Bertz CT molecular complexity index is 462. The molecule has 0 saturated heterocycles. The number of benzene rings is 1. The molecule has 2 N–H and O–H groups in total. The van der Waals surface area contributed by atoms with E-state index in [0.717, 1.165) is 11.1 Å². The Hall–Kier alpha value is -1.51. The summed E-state index contributed by atoms with van der Waals surface area (Å²) in [5.74, 6) is 0.304. The van der Waals surface area contributed by atoms with Gasteiger partial charge in [-0.1, -0.05) is 19.3 Å². The fraction of sp³-hybridized carbons (Fsp3) is 0.562. The van der Waals surface area contributed by atoms with Crippen LogP contribution in [0, 0.1) is 19.8 Å². The SMILES string of the molecule is Cc1cc(N)cc(C(=O)OCC2CCCCC2)c1C. The summed E-state index contributed by atoms with van der Waals surface area (Å²) in [6, 6.07) is 3.60. The maximum Gasteiger partial charge on any atom is 0.338 e. The van der Waals surface area contributed by atoms with Gasteiger partial charge in [0.05, 0.1) is 12.2 Å². The van der Waals surface area contributed by atoms with Crippen molar-refractivity contribution in [2.45, 2.75) is 46.0 Å². The van der Waals surface area contributed by atoms with Gasteiger partial charge in [-0.2, -0.15) is 0 Å². The third kappa shape index (κ3) is 3.49. The Morgan fingerprint density at radius 1 is 1.26 bits per heavy atom. The van der Waals surface area contributed by atoms with Crippen molar-refractivity contribution in [1.29, 1.82) is 0 Å². The van der Waals surface area contributed by atoms with Crippen LogP contribution in [0.4, 0.5) is 5.69 Å². The first-order valence-corrected chi connectivity index (χ1v) is 7.12. The lowest BCUT2D eigenvalue weighted by atomic mass is 9.90. The molecule has 0 bridgehead atoms. The monoisotopic (exact) mass is 261 g/mol. The standard InChI is InChI=1S/C16H23NO2/c1-11-8-14(17)9-15(12(11)2)16(18)19-10-13-6-4-3-5-7-13/h8-9,13H,3-7,10,17H2,1-2H3. The van der Waals surface area contributed by atoms with Crippen LogP contribution in [0.15, 0.2) is 12.1 Å². The van der Waals surface area contributed by atoms with Gasteiger partial charge in [0, 0.05) is 5.69 Å². The molecule has 104 valence electrons. The number of rotatable bonds is 3. The summed E-state index contributed by atoms with van der Waals surface area (Å²) in [5, 5.41) is 0. The van der Waals surface area contributed by atoms with Crippen LogP contribution in [-0.4, -0.2) is 12.6 Å². The highest BCUT2D eigenvalue weighted by atomic mass is 16.5. The number of hydrogen-bond donors (Lipinski definition) is 1. The molecule has 19 heavy (non-hydrogen) atoms. The maximum atomic E-state index is 12.1. The van der Waals surface area contributed by atoms with Crippen molar-refractivity contribution in [2.24, 2.45) is 5.92 Å². The molecule has 1 aromatic carbocycles. The molecule has 1 saturated carbocycles. The first-order valence-electron chi connectivity index (χ1n) is 7.12. The number of nitrogens with two attached hydrogens (primary N) is 1. The van der Waals surface area contributed by atoms with E-state index in [4.69, 9.17) is 10.5 Å². The maximum absolute atomic E-state index is 12.1. The van der Waals surface area contributed by atoms with Crippen molar-refractivity contribution in [3.63, 3.8) is 0 Å². The fourth-order valence-electron chi connectivity index (χ4n) is 2.72. The zero-order valence-electron chi connectivity index (χ0n) is 11.9. The highest BCUT2D eigenvalue weighted by molar-refractivity contribution is 5.92. The molecule has 1 fully saturated rings. The predicted octanol–water partition coefficient (Wildman–Crippen LogP) is 3.62. The average molecular weight is 261 g/mol. The molecule has 0 atom stereocenters. The molecule has 1 aliphatic carbocycles. The van der Waals surface area contributed by atoms with Crippen LogP contribution in [0.2, 0.25) is 0 Å². The van der Waals surface area contributed by atoms with Crippen LogP contribution in [0.3, 0.4) is 0 Å². The lowest BCUT2D eigenvalue weighted by Gasteiger charge is -2.21. The largest absolute Gasteiger partial charge is 0.462 e. The normalized spacial score (nSPS) is 16.3. The minimum absolute atomic E-state index is 0.238. The molecule has 0 aliphatic heterocycles. The van der Waals surface area contributed by atoms with Crippen LogP contribution in [0.1, 0.15) is 53.6 Å². The number of aryl methyl sites for hydroxylation is 1. The van der Waals surface area contributed by atoms with E-state index in [-0.39, 0.29) is 5.97 Å². The quantitative estimate of drug-likeness (QED) is 0.668. The third-order valence-electron chi connectivity index (χ3n) is 4.08. The number of esters is 1. The minimum atomic E-state index is -0.238. The Balaban J connectivity index is 1.99. The Labute approximate surface area is 115 Å². The van der Waals surface area contributed by atoms with Crippen molar-refractivity contribution in [3.8, 4) is 0 Å². The number of hydrogen-bond acceptors (Lipinski definition) is 3. The molecule has 0 amide bonds. The smallest absolute Gasteiger partial charge is 0.338 e. The summed E-state index contributed by atoms with van der Waals surface area (Å²) < 4.78 is 5.46. The van der Waals surface area contributed by atoms with E-state index in [9.17, 15) is 4.79 Å². The van der Waals surface area contributed by atoms with Gasteiger partial charge in [0.1, 0.15) is 0 Å². The molecule has 1 aromatic rings. The number of anilines is 1. The van der Waals surface area contributed by atoms with Gasteiger partial charge in [-0.25, -0.2) is 4.79 Å². The summed E-state index contributed by atoms with van der Waals surface area (Å²) in [7, 11) is 0. The lowest BCUT2D eigenvalue weighted by Crippen LogP contribution is -2.17. The molecule has 1 aliphatic rings. The molecular weight excluding hydrogens is 238 g/mol. The molecule has 0 spiro atoms. The second-order valence-electron chi connectivity index (χ2n) is 5.61. The van der Waals surface area contributed by atoms with Gasteiger partial charge in [0.2, 0.25) is 0 Å². The fourth-order valence-corrected chi connectivity index (χ4v) is 2.72. The number of carbonyl (C=O) groups is 1. The Kier molecular flexibility index (Phi) is 4.46. The summed E-state index contributed by atoms with van der Waals surface area (Å²) in [5.41, 5.74) is 9.01. The first-order chi connectivity index (χ1) is 9.08. The van der Waals surface area contributed by atoms with Gasteiger partial charge >= 0.3 is 5.97 Å². The van der Waals surface area contributed by atoms with Crippen LogP contribution >= 0.6 is 0 Å². The van der Waals surface area contributed by atoms with Gasteiger partial charge < -0.3 is 10.5 Å². The number of carbonyl (C=O) groups excluding carboxylic acids is 1. The summed E-state index contributed by atoms with van der Waals surface area (Å²) in [4.78, 5) is 12.1. The molecule has 3 heteroatoms. The third-order valence-corrected chi connectivity index (χ3v) is 4.08. The summed E-state index contributed by atoms with van der Waals surface area (Å²) in [6.45, 7) is 4.45. The zero-order chi connectivity index (χ0) is 13.8. The molecule has 0 heterocycles. The van der Waals surface area contributed by atoms with Gasteiger partial charge in [-0.3, -0.25) is 0 Å². The van der Waals surface area contributed by atoms with E-state index in [1.54, 1.807) is 6.07 Å². The van der Waals surface area contributed by atoms with E-state index in [0.29, 0.717) is 23.8 Å². The second kappa shape index (κ2) is 6.09. The van der Waals surface area contributed by atoms with Crippen LogP contribution < -0.4 is 5.73 Å². The van der Waals surface area contributed by atoms with E-state index >= 15 is 0 Å². The van der Waals surface area contributed by atoms with Gasteiger partial charge in [0.15, 0.2) is 0 Å². The molecule has 2 rings (SSSR count). The topological polar surface area (TPSA) is 52.3 Å². The van der Waals surface area contributed by atoms with Crippen molar-refractivity contribution < 1.29 is 9.53 Å². The van der Waals surface area contributed by atoms with E-state index in [1.165, 1.54) is 32.1 Å². The van der Waals surface area contributed by atoms with E-state index < -0.39 is 0 Å². The van der Waals surface area contributed by atoms with Crippen molar-refractivity contribution in [3.05, 3.63) is 28.8 Å². The van der Waals surface area contributed by atoms with Crippen molar-refractivity contribution >= 4 is 11.7 Å².